The van der Waals surface area contributed by atoms with Crippen LogP contribution in [0.1, 0.15) is 5.56 Å². The van der Waals surface area contributed by atoms with Crippen LogP contribution in [0.15, 0.2) is 40.9 Å². The second-order valence-corrected chi connectivity index (χ2v) is 5.02. The average Bonchev–Trinajstić information content (AvgIpc) is 2.35. The van der Waals surface area contributed by atoms with Crippen LogP contribution in [-0.4, -0.2) is 4.99 Å². The van der Waals surface area contributed by atoms with Crippen molar-refractivity contribution < 1.29 is 13.5 Å². The van der Waals surface area contributed by atoms with Crippen molar-refractivity contribution in [2.24, 2.45) is 5.73 Å². The zero-order valence-electron chi connectivity index (χ0n) is 9.49. The van der Waals surface area contributed by atoms with Gasteiger partial charge < -0.3 is 10.5 Å². The van der Waals surface area contributed by atoms with Crippen LogP contribution < -0.4 is 10.5 Å². The number of para-hydroxylation sites is 1. The maximum absolute atomic E-state index is 13.6. The second kappa shape index (κ2) is 5.63. The molecule has 2 rings (SSSR count). The molecule has 0 amide bonds. The molecule has 98 valence electrons. The van der Waals surface area contributed by atoms with Crippen molar-refractivity contribution >= 4 is 33.1 Å². The topological polar surface area (TPSA) is 35.2 Å². The van der Waals surface area contributed by atoms with Crippen LogP contribution in [0.4, 0.5) is 8.78 Å². The minimum Gasteiger partial charge on any atom is -0.453 e. The van der Waals surface area contributed by atoms with E-state index in [1.54, 1.807) is 24.3 Å². The molecule has 2 nitrogen and oxygen atoms in total. The van der Waals surface area contributed by atoms with Gasteiger partial charge in [-0.3, -0.25) is 0 Å². The standard InChI is InChI=1S/C13H8BrF2NOS/c14-7-5-9(15)12(16)11(6-7)18-10-4-2-1-3-8(10)13(17)19/h1-6H,(H2,17,19). The minimum absolute atomic E-state index is 0.117. The summed E-state index contributed by atoms with van der Waals surface area (Å²) in [6, 6.07) is 8.97. The van der Waals surface area contributed by atoms with Crippen LogP contribution in [0.5, 0.6) is 11.5 Å². The quantitative estimate of drug-likeness (QED) is 0.671. The Bertz CT molecular complexity index is 649. The molecule has 0 radical (unpaired) electrons. The Morgan fingerprint density at radius 1 is 1.16 bits per heavy atom. The number of hydrogen-bond acceptors (Lipinski definition) is 2. The van der Waals surface area contributed by atoms with E-state index in [0.29, 0.717) is 10.0 Å². The fraction of sp³-hybridized carbons (Fsp3) is 0. The molecule has 0 atom stereocenters. The zero-order chi connectivity index (χ0) is 14.0. The van der Waals surface area contributed by atoms with Crippen molar-refractivity contribution in [1.82, 2.24) is 0 Å². The summed E-state index contributed by atoms with van der Waals surface area (Å²) in [4.78, 5) is 0.117. The van der Waals surface area contributed by atoms with Gasteiger partial charge in [0.05, 0.1) is 5.56 Å². The summed E-state index contributed by atoms with van der Waals surface area (Å²) in [7, 11) is 0. The molecule has 2 N–H and O–H groups in total. The molecule has 0 bridgehead atoms. The van der Waals surface area contributed by atoms with E-state index in [9.17, 15) is 8.78 Å². The summed E-state index contributed by atoms with van der Waals surface area (Å²) in [6.45, 7) is 0. The maximum Gasteiger partial charge on any atom is 0.201 e. The third kappa shape index (κ3) is 3.08. The highest BCUT2D eigenvalue weighted by Gasteiger charge is 2.14. The number of hydrogen-bond donors (Lipinski definition) is 1. The molecule has 0 saturated heterocycles. The smallest absolute Gasteiger partial charge is 0.201 e. The summed E-state index contributed by atoms with van der Waals surface area (Å²) in [5, 5.41) is 0. The molecule has 2 aromatic rings. The van der Waals surface area contributed by atoms with Crippen LogP contribution in [-0.2, 0) is 0 Å². The van der Waals surface area contributed by atoms with Gasteiger partial charge in [-0.1, -0.05) is 40.3 Å². The van der Waals surface area contributed by atoms with Gasteiger partial charge in [0.1, 0.15) is 10.7 Å². The maximum atomic E-state index is 13.6. The normalized spacial score (nSPS) is 10.3. The first-order valence-corrected chi connectivity index (χ1v) is 6.40. The molecule has 0 aliphatic rings. The highest BCUT2D eigenvalue weighted by Crippen LogP contribution is 2.31. The molecule has 6 heteroatoms. The first-order valence-electron chi connectivity index (χ1n) is 5.20. The Labute approximate surface area is 122 Å². The first kappa shape index (κ1) is 13.9. The van der Waals surface area contributed by atoms with Crippen LogP contribution in [0.2, 0.25) is 0 Å². The third-order valence-corrected chi connectivity index (χ3v) is 3.01. The Kier molecular flexibility index (Phi) is 4.11. The predicted molar refractivity (Wildman–Crippen MR) is 76.5 cm³/mol. The largest absolute Gasteiger partial charge is 0.453 e. The Balaban J connectivity index is 2.45. The van der Waals surface area contributed by atoms with Crippen molar-refractivity contribution in [3.63, 3.8) is 0 Å². The lowest BCUT2D eigenvalue weighted by atomic mass is 10.2. The fourth-order valence-corrected chi connectivity index (χ4v) is 2.06. The molecule has 0 fully saturated rings. The van der Waals surface area contributed by atoms with E-state index in [2.05, 4.69) is 15.9 Å². The van der Waals surface area contributed by atoms with E-state index in [1.807, 2.05) is 0 Å². The van der Waals surface area contributed by atoms with Gasteiger partial charge in [0.25, 0.3) is 0 Å². The van der Waals surface area contributed by atoms with E-state index in [1.165, 1.54) is 6.07 Å². The summed E-state index contributed by atoms with van der Waals surface area (Å²) >= 11 is 7.94. The van der Waals surface area contributed by atoms with E-state index >= 15 is 0 Å². The van der Waals surface area contributed by atoms with Crippen LogP contribution in [0.25, 0.3) is 0 Å². The molecular weight excluding hydrogens is 336 g/mol. The molecule has 2 aromatic carbocycles. The lowest BCUT2D eigenvalue weighted by molar-refractivity contribution is 0.415. The minimum atomic E-state index is -1.07. The van der Waals surface area contributed by atoms with E-state index in [-0.39, 0.29) is 16.5 Å². The van der Waals surface area contributed by atoms with Gasteiger partial charge in [0.15, 0.2) is 11.6 Å². The average molecular weight is 344 g/mol. The molecule has 0 aliphatic carbocycles. The highest BCUT2D eigenvalue weighted by molar-refractivity contribution is 9.10. The molecule has 0 spiro atoms. The van der Waals surface area contributed by atoms with Crippen LogP contribution >= 0.6 is 28.1 Å². The van der Waals surface area contributed by atoms with Crippen molar-refractivity contribution in [1.29, 1.82) is 0 Å². The van der Waals surface area contributed by atoms with E-state index in [4.69, 9.17) is 22.7 Å². The molecule has 0 unspecified atom stereocenters. The van der Waals surface area contributed by atoms with Crippen LogP contribution in [0.3, 0.4) is 0 Å². The number of ether oxygens (including phenoxy) is 1. The third-order valence-electron chi connectivity index (χ3n) is 2.33. The van der Waals surface area contributed by atoms with Crippen molar-refractivity contribution in [3.8, 4) is 11.5 Å². The monoisotopic (exact) mass is 343 g/mol. The number of benzene rings is 2. The number of rotatable bonds is 3. The lowest BCUT2D eigenvalue weighted by Gasteiger charge is -2.11. The first-order chi connectivity index (χ1) is 8.99. The van der Waals surface area contributed by atoms with Gasteiger partial charge in [-0.05, 0) is 24.3 Å². The molecule has 0 saturated carbocycles. The zero-order valence-corrected chi connectivity index (χ0v) is 11.9. The van der Waals surface area contributed by atoms with Crippen molar-refractivity contribution in [2.45, 2.75) is 0 Å². The van der Waals surface area contributed by atoms with Gasteiger partial charge in [-0.15, -0.1) is 0 Å². The second-order valence-electron chi connectivity index (χ2n) is 3.66. The van der Waals surface area contributed by atoms with E-state index < -0.39 is 11.6 Å². The molecule has 0 heterocycles. The SMILES string of the molecule is NC(=S)c1ccccc1Oc1cc(Br)cc(F)c1F. The highest BCUT2D eigenvalue weighted by atomic mass is 79.9. The summed E-state index contributed by atoms with van der Waals surface area (Å²) in [6.07, 6.45) is 0. The molecule has 0 aliphatic heterocycles. The van der Waals surface area contributed by atoms with Crippen LogP contribution in [0, 0.1) is 11.6 Å². The molecule has 0 aromatic heterocycles. The summed E-state index contributed by atoms with van der Waals surface area (Å²) in [5.74, 6) is -2.04. The number of nitrogens with two attached hydrogens (primary N) is 1. The Hall–Kier alpha value is -1.53. The van der Waals surface area contributed by atoms with Gasteiger partial charge >= 0.3 is 0 Å². The molecule has 19 heavy (non-hydrogen) atoms. The Morgan fingerprint density at radius 2 is 1.84 bits per heavy atom. The van der Waals surface area contributed by atoms with Gasteiger partial charge in [-0.2, -0.15) is 4.39 Å². The number of thiocarbonyl (C=S) groups is 1. The van der Waals surface area contributed by atoms with Gasteiger partial charge in [0.2, 0.25) is 5.82 Å². The van der Waals surface area contributed by atoms with E-state index in [0.717, 1.165) is 6.07 Å². The number of halogens is 3. The van der Waals surface area contributed by atoms with Crippen molar-refractivity contribution in [2.75, 3.05) is 0 Å². The fourth-order valence-electron chi connectivity index (χ4n) is 1.48. The summed E-state index contributed by atoms with van der Waals surface area (Å²) in [5.41, 5.74) is 6.00. The predicted octanol–water partition coefficient (Wildman–Crippen LogP) is 4.15. The van der Waals surface area contributed by atoms with Crippen molar-refractivity contribution in [3.05, 3.63) is 58.1 Å². The Morgan fingerprint density at radius 3 is 2.53 bits per heavy atom. The lowest BCUT2D eigenvalue weighted by Crippen LogP contribution is -2.10. The van der Waals surface area contributed by atoms with Gasteiger partial charge in [-0.25, -0.2) is 4.39 Å². The summed E-state index contributed by atoms with van der Waals surface area (Å²) < 4.78 is 32.6. The molecular formula is C13H8BrF2NOS. The van der Waals surface area contributed by atoms with Gasteiger partial charge in [0, 0.05) is 4.47 Å².